The number of hydrogen-bond donors (Lipinski definition) is 1. The zero-order chi connectivity index (χ0) is 19.2. The van der Waals surface area contributed by atoms with E-state index >= 15 is 0 Å². The number of para-hydroxylation sites is 1. The van der Waals surface area contributed by atoms with Gasteiger partial charge < -0.3 is 19.9 Å². The summed E-state index contributed by atoms with van der Waals surface area (Å²) in [5.74, 6) is -0.0701. The number of rotatable bonds is 8. The van der Waals surface area contributed by atoms with Gasteiger partial charge in [-0.3, -0.25) is 4.79 Å². The van der Waals surface area contributed by atoms with Crippen molar-refractivity contribution in [1.29, 1.82) is 0 Å². The molecule has 1 amide bonds. The second kappa shape index (κ2) is 8.91. The first-order valence-electron chi connectivity index (χ1n) is 9.56. The van der Waals surface area contributed by atoms with Crippen LogP contribution >= 0.6 is 0 Å². The molecule has 0 aromatic heterocycles. The second-order valence-electron chi connectivity index (χ2n) is 7.02. The second-order valence-corrected chi connectivity index (χ2v) is 7.02. The summed E-state index contributed by atoms with van der Waals surface area (Å²) in [5, 5.41) is 3.05. The minimum atomic E-state index is -0.0701. The highest BCUT2D eigenvalue weighted by Gasteiger charge is 2.27. The minimum Gasteiger partial charge on any atom is -0.378 e. The molecule has 0 saturated heterocycles. The Morgan fingerprint density at radius 2 is 1.93 bits per heavy atom. The SMILES string of the molecule is CCOCC(=O)NCC(c1ccc(N(C)C)cc1)N1CCc2ccccc21. The van der Waals surface area contributed by atoms with Crippen LogP contribution in [0, 0.1) is 0 Å². The number of nitrogens with one attached hydrogen (secondary N) is 1. The standard InChI is InChI=1S/C22H29N3O2/c1-4-27-16-22(26)23-15-21(18-9-11-19(12-10-18)24(2)3)25-14-13-17-7-5-6-8-20(17)25/h5-12,21H,4,13-16H2,1-3H3,(H,23,26). The van der Waals surface area contributed by atoms with Crippen molar-refractivity contribution in [3.8, 4) is 0 Å². The van der Waals surface area contributed by atoms with E-state index in [2.05, 4.69) is 63.6 Å². The highest BCUT2D eigenvalue weighted by molar-refractivity contribution is 5.77. The first-order valence-corrected chi connectivity index (χ1v) is 9.56. The van der Waals surface area contributed by atoms with Crippen molar-refractivity contribution >= 4 is 17.3 Å². The van der Waals surface area contributed by atoms with E-state index in [1.807, 2.05) is 21.0 Å². The average molecular weight is 367 g/mol. The first-order chi connectivity index (χ1) is 13.1. The molecule has 2 aromatic carbocycles. The fourth-order valence-corrected chi connectivity index (χ4v) is 3.55. The Balaban J connectivity index is 1.82. The zero-order valence-electron chi connectivity index (χ0n) is 16.4. The molecule has 0 aliphatic carbocycles. The lowest BCUT2D eigenvalue weighted by Crippen LogP contribution is -2.38. The van der Waals surface area contributed by atoms with Gasteiger partial charge in [-0.05, 0) is 42.7 Å². The fraction of sp³-hybridized carbons (Fsp3) is 0.409. The third-order valence-corrected chi connectivity index (χ3v) is 5.02. The highest BCUT2D eigenvalue weighted by Crippen LogP contribution is 2.35. The quantitative estimate of drug-likeness (QED) is 0.779. The summed E-state index contributed by atoms with van der Waals surface area (Å²) in [4.78, 5) is 16.6. The van der Waals surface area contributed by atoms with E-state index in [4.69, 9.17) is 4.74 Å². The van der Waals surface area contributed by atoms with Crippen LogP contribution in [0.4, 0.5) is 11.4 Å². The molecule has 2 aromatic rings. The van der Waals surface area contributed by atoms with E-state index in [-0.39, 0.29) is 18.6 Å². The Bertz CT molecular complexity index is 758. The van der Waals surface area contributed by atoms with Crippen molar-refractivity contribution in [3.05, 3.63) is 59.7 Å². The predicted octanol–water partition coefficient (Wildman–Crippen LogP) is 3.01. The maximum atomic E-state index is 12.1. The van der Waals surface area contributed by atoms with Crippen LogP contribution in [0.2, 0.25) is 0 Å². The number of nitrogens with zero attached hydrogens (tertiary/aromatic N) is 2. The summed E-state index contributed by atoms with van der Waals surface area (Å²) in [6.07, 6.45) is 1.04. The molecule has 0 bridgehead atoms. The molecular formula is C22H29N3O2. The summed E-state index contributed by atoms with van der Waals surface area (Å²) < 4.78 is 5.23. The molecule has 1 unspecified atom stereocenters. The number of anilines is 2. The summed E-state index contributed by atoms with van der Waals surface area (Å²) in [7, 11) is 4.08. The van der Waals surface area contributed by atoms with Crippen LogP contribution in [0.15, 0.2) is 48.5 Å². The molecular weight excluding hydrogens is 338 g/mol. The molecule has 0 fully saturated rings. The molecule has 1 N–H and O–H groups in total. The Hall–Kier alpha value is -2.53. The van der Waals surface area contributed by atoms with E-state index in [0.717, 1.165) is 13.0 Å². The molecule has 5 heteroatoms. The average Bonchev–Trinajstić information content (AvgIpc) is 3.11. The summed E-state index contributed by atoms with van der Waals surface area (Å²) in [6, 6.07) is 17.2. The van der Waals surface area contributed by atoms with Gasteiger partial charge in [0.2, 0.25) is 5.91 Å². The number of hydrogen-bond acceptors (Lipinski definition) is 4. The lowest BCUT2D eigenvalue weighted by atomic mass is 10.0. The number of ether oxygens (including phenoxy) is 1. The van der Waals surface area contributed by atoms with Crippen molar-refractivity contribution in [1.82, 2.24) is 5.32 Å². The summed E-state index contributed by atoms with van der Waals surface area (Å²) in [5.41, 5.74) is 5.00. The first kappa shape index (κ1) is 19.2. The van der Waals surface area contributed by atoms with E-state index in [1.54, 1.807) is 0 Å². The number of benzene rings is 2. The Morgan fingerprint density at radius 3 is 2.63 bits per heavy atom. The van der Waals surface area contributed by atoms with Gasteiger partial charge >= 0.3 is 0 Å². The Kier molecular flexibility index (Phi) is 6.35. The van der Waals surface area contributed by atoms with Crippen LogP contribution in [0.1, 0.15) is 24.1 Å². The maximum absolute atomic E-state index is 12.1. The number of fused-ring (bicyclic) bond motifs is 1. The molecule has 1 aliphatic heterocycles. The molecule has 0 radical (unpaired) electrons. The van der Waals surface area contributed by atoms with Crippen LogP contribution in [0.5, 0.6) is 0 Å². The molecule has 1 heterocycles. The van der Waals surface area contributed by atoms with E-state index in [1.165, 1.54) is 22.5 Å². The molecule has 5 nitrogen and oxygen atoms in total. The largest absolute Gasteiger partial charge is 0.378 e. The Morgan fingerprint density at radius 1 is 1.19 bits per heavy atom. The molecule has 27 heavy (non-hydrogen) atoms. The van der Waals surface area contributed by atoms with Crippen molar-refractivity contribution in [2.24, 2.45) is 0 Å². The highest BCUT2D eigenvalue weighted by atomic mass is 16.5. The summed E-state index contributed by atoms with van der Waals surface area (Å²) in [6.45, 7) is 4.06. The van der Waals surface area contributed by atoms with Gasteiger partial charge in [-0.15, -0.1) is 0 Å². The van der Waals surface area contributed by atoms with Crippen molar-refractivity contribution in [2.45, 2.75) is 19.4 Å². The van der Waals surface area contributed by atoms with Crippen LogP contribution in [0.25, 0.3) is 0 Å². The number of carbonyl (C=O) groups excluding carboxylic acids is 1. The van der Waals surface area contributed by atoms with Crippen LogP contribution < -0.4 is 15.1 Å². The van der Waals surface area contributed by atoms with E-state index < -0.39 is 0 Å². The monoisotopic (exact) mass is 367 g/mol. The molecule has 1 atom stereocenters. The third kappa shape index (κ3) is 4.61. The minimum absolute atomic E-state index is 0.0701. The fourth-order valence-electron chi connectivity index (χ4n) is 3.55. The van der Waals surface area contributed by atoms with E-state index in [9.17, 15) is 4.79 Å². The molecule has 3 rings (SSSR count). The zero-order valence-corrected chi connectivity index (χ0v) is 16.4. The van der Waals surface area contributed by atoms with Crippen LogP contribution in [0.3, 0.4) is 0 Å². The van der Waals surface area contributed by atoms with Gasteiger partial charge in [0.1, 0.15) is 6.61 Å². The van der Waals surface area contributed by atoms with Crippen LogP contribution in [-0.2, 0) is 16.0 Å². The number of amides is 1. The lowest BCUT2D eigenvalue weighted by Gasteiger charge is -2.31. The lowest BCUT2D eigenvalue weighted by molar-refractivity contribution is -0.125. The van der Waals surface area contributed by atoms with Gasteiger partial charge in [0, 0.05) is 45.2 Å². The summed E-state index contributed by atoms with van der Waals surface area (Å²) >= 11 is 0. The van der Waals surface area contributed by atoms with Gasteiger partial charge in [0.25, 0.3) is 0 Å². The third-order valence-electron chi connectivity index (χ3n) is 5.02. The smallest absolute Gasteiger partial charge is 0.246 e. The molecule has 0 spiro atoms. The van der Waals surface area contributed by atoms with Crippen molar-refractivity contribution in [2.75, 3.05) is 50.2 Å². The normalized spacial score (nSPS) is 14.0. The number of carbonyl (C=O) groups is 1. The van der Waals surface area contributed by atoms with Gasteiger partial charge in [0.15, 0.2) is 0 Å². The van der Waals surface area contributed by atoms with E-state index in [0.29, 0.717) is 13.2 Å². The maximum Gasteiger partial charge on any atom is 0.246 e. The van der Waals surface area contributed by atoms with Gasteiger partial charge in [-0.1, -0.05) is 30.3 Å². The Labute approximate surface area is 161 Å². The van der Waals surface area contributed by atoms with Crippen molar-refractivity contribution < 1.29 is 9.53 Å². The van der Waals surface area contributed by atoms with Gasteiger partial charge in [-0.2, -0.15) is 0 Å². The van der Waals surface area contributed by atoms with Crippen LogP contribution in [-0.4, -0.2) is 46.3 Å². The van der Waals surface area contributed by atoms with Crippen molar-refractivity contribution in [3.63, 3.8) is 0 Å². The topological polar surface area (TPSA) is 44.8 Å². The molecule has 144 valence electrons. The predicted molar refractivity (Wildman–Crippen MR) is 111 cm³/mol. The molecule has 1 aliphatic rings. The molecule has 0 saturated carbocycles. The van der Waals surface area contributed by atoms with Gasteiger partial charge in [0.05, 0.1) is 6.04 Å². The van der Waals surface area contributed by atoms with Gasteiger partial charge in [-0.25, -0.2) is 0 Å².